The van der Waals surface area contributed by atoms with Crippen LogP contribution in [-0.2, 0) is 9.59 Å². The molecule has 1 aromatic carbocycles. The van der Waals surface area contributed by atoms with E-state index in [4.69, 9.17) is 9.84 Å². The number of hydrogen-bond donors (Lipinski definition) is 2. The van der Waals surface area contributed by atoms with Crippen molar-refractivity contribution in [2.75, 3.05) is 13.7 Å². The summed E-state index contributed by atoms with van der Waals surface area (Å²) in [6.45, 7) is 1.76. The number of carboxylic acid groups (broad SMARTS) is 1. The lowest BCUT2D eigenvalue weighted by atomic mass is 10.1. The summed E-state index contributed by atoms with van der Waals surface area (Å²) in [5.74, 6) is -0.514. The molecule has 0 aliphatic heterocycles. The van der Waals surface area contributed by atoms with E-state index in [9.17, 15) is 9.59 Å². The fraction of sp³-hybridized carbons (Fsp3) is 0.467. The number of nitrogens with one attached hydrogen (secondary N) is 1. The van der Waals surface area contributed by atoms with Crippen LogP contribution < -0.4 is 10.1 Å². The van der Waals surface area contributed by atoms with Gasteiger partial charge < -0.3 is 15.2 Å². The molecule has 1 aromatic rings. The predicted octanol–water partition coefficient (Wildman–Crippen LogP) is 1.64. The average molecular weight is 277 g/mol. The molecule has 0 radical (unpaired) electrons. The lowest BCUT2D eigenvalue weighted by molar-refractivity contribution is -0.141. The fourth-order valence-corrected chi connectivity index (χ4v) is 2.18. The van der Waals surface area contributed by atoms with Crippen LogP contribution in [0.3, 0.4) is 0 Å². The molecular weight excluding hydrogens is 258 g/mol. The van der Waals surface area contributed by atoms with Crippen molar-refractivity contribution in [3.05, 3.63) is 29.8 Å². The van der Waals surface area contributed by atoms with Crippen LogP contribution in [0.15, 0.2) is 24.3 Å². The van der Waals surface area contributed by atoms with Gasteiger partial charge in [0, 0.05) is 12.5 Å². The van der Waals surface area contributed by atoms with E-state index in [1.807, 2.05) is 24.3 Å². The van der Waals surface area contributed by atoms with E-state index in [2.05, 4.69) is 5.32 Å². The molecule has 108 valence electrons. The Hall–Kier alpha value is -2.04. The molecule has 0 heterocycles. The summed E-state index contributed by atoms with van der Waals surface area (Å²) in [5.41, 5.74) is 1.12. The van der Waals surface area contributed by atoms with Gasteiger partial charge in [-0.2, -0.15) is 0 Å². The number of methoxy groups -OCH3 is 1. The Morgan fingerprint density at radius 1 is 1.40 bits per heavy atom. The van der Waals surface area contributed by atoms with Gasteiger partial charge in [0.15, 0.2) is 0 Å². The monoisotopic (exact) mass is 277 g/mol. The third-order valence-electron chi connectivity index (χ3n) is 3.68. The quantitative estimate of drug-likeness (QED) is 0.828. The van der Waals surface area contributed by atoms with Crippen LogP contribution in [0.25, 0.3) is 0 Å². The highest BCUT2D eigenvalue weighted by Gasteiger charge is 2.43. The van der Waals surface area contributed by atoms with Gasteiger partial charge in [-0.1, -0.05) is 19.1 Å². The highest BCUT2D eigenvalue weighted by atomic mass is 16.5. The van der Waals surface area contributed by atoms with Gasteiger partial charge in [-0.3, -0.25) is 9.59 Å². The molecule has 1 amide bonds. The van der Waals surface area contributed by atoms with E-state index in [0.717, 1.165) is 17.7 Å². The van der Waals surface area contributed by atoms with E-state index in [1.165, 1.54) is 0 Å². The second-order valence-electron chi connectivity index (χ2n) is 5.21. The summed E-state index contributed by atoms with van der Waals surface area (Å²) < 4.78 is 5.10. The Labute approximate surface area is 117 Å². The van der Waals surface area contributed by atoms with E-state index in [1.54, 1.807) is 14.0 Å². The van der Waals surface area contributed by atoms with E-state index in [-0.39, 0.29) is 24.3 Å². The number of benzene rings is 1. The summed E-state index contributed by atoms with van der Waals surface area (Å²) in [6, 6.07) is 7.71. The predicted molar refractivity (Wildman–Crippen MR) is 73.7 cm³/mol. The zero-order valence-electron chi connectivity index (χ0n) is 11.6. The minimum Gasteiger partial charge on any atom is -0.497 e. The van der Waals surface area contributed by atoms with Gasteiger partial charge in [0.2, 0.25) is 5.91 Å². The summed E-state index contributed by atoms with van der Waals surface area (Å²) in [4.78, 5) is 22.6. The number of aliphatic carboxylic acids is 1. The largest absolute Gasteiger partial charge is 0.497 e. The maximum Gasteiger partial charge on any atom is 0.308 e. The molecule has 0 saturated heterocycles. The van der Waals surface area contributed by atoms with Crippen LogP contribution in [0.4, 0.5) is 0 Å². The second kappa shape index (κ2) is 5.94. The number of rotatable bonds is 6. The topological polar surface area (TPSA) is 75.6 Å². The number of carbonyl (C=O) groups excluding carboxylic acids is 1. The van der Waals surface area contributed by atoms with Crippen LogP contribution in [0.2, 0.25) is 0 Å². The van der Waals surface area contributed by atoms with Crippen molar-refractivity contribution in [1.82, 2.24) is 5.32 Å². The summed E-state index contributed by atoms with van der Waals surface area (Å²) in [6.07, 6.45) is 0.819. The summed E-state index contributed by atoms with van der Waals surface area (Å²) in [7, 11) is 1.62. The first-order valence-electron chi connectivity index (χ1n) is 6.67. The lowest BCUT2D eigenvalue weighted by Crippen LogP contribution is -2.32. The number of ether oxygens (including phenoxy) is 1. The Morgan fingerprint density at radius 3 is 2.60 bits per heavy atom. The van der Waals surface area contributed by atoms with Gasteiger partial charge in [-0.05, 0) is 30.0 Å². The van der Waals surface area contributed by atoms with Crippen molar-refractivity contribution in [3.63, 3.8) is 0 Å². The summed E-state index contributed by atoms with van der Waals surface area (Å²) >= 11 is 0. The van der Waals surface area contributed by atoms with Gasteiger partial charge in [0.05, 0.1) is 13.0 Å². The molecule has 1 aliphatic carbocycles. The third kappa shape index (κ3) is 3.29. The Kier molecular flexibility index (Phi) is 4.27. The molecule has 2 rings (SSSR count). The maximum absolute atomic E-state index is 11.9. The van der Waals surface area contributed by atoms with Gasteiger partial charge in [-0.15, -0.1) is 0 Å². The Bertz CT molecular complexity index is 497. The van der Waals surface area contributed by atoms with Crippen LogP contribution in [-0.4, -0.2) is 30.6 Å². The highest BCUT2D eigenvalue weighted by Crippen LogP contribution is 2.47. The van der Waals surface area contributed by atoms with Crippen molar-refractivity contribution < 1.29 is 19.4 Å². The van der Waals surface area contributed by atoms with Crippen LogP contribution in [0, 0.1) is 11.8 Å². The SMILES string of the molecule is COc1ccc([C@@H]2C[C@H]2C(=O)NCC(C)C(=O)O)cc1. The summed E-state index contributed by atoms with van der Waals surface area (Å²) in [5, 5.41) is 11.5. The molecule has 20 heavy (non-hydrogen) atoms. The molecule has 0 bridgehead atoms. The van der Waals surface area contributed by atoms with Crippen LogP contribution in [0.1, 0.15) is 24.8 Å². The second-order valence-corrected chi connectivity index (χ2v) is 5.21. The molecule has 5 nitrogen and oxygen atoms in total. The first-order valence-corrected chi connectivity index (χ1v) is 6.67. The van der Waals surface area contributed by atoms with Gasteiger partial charge in [-0.25, -0.2) is 0 Å². The molecule has 0 aromatic heterocycles. The smallest absolute Gasteiger partial charge is 0.308 e. The first-order chi connectivity index (χ1) is 9.52. The Morgan fingerprint density at radius 2 is 2.05 bits per heavy atom. The zero-order chi connectivity index (χ0) is 14.7. The van der Waals surface area contributed by atoms with Gasteiger partial charge in [0.1, 0.15) is 5.75 Å². The Balaban J connectivity index is 1.84. The van der Waals surface area contributed by atoms with Crippen LogP contribution in [0.5, 0.6) is 5.75 Å². The average Bonchev–Trinajstić information content (AvgIpc) is 3.24. The number of carbonyl (C=O) groups is 2. The minimum absolute atomic E-state index is 0.0376. The number of carboxylic acids is 1. The van der Waals surface area contributed by atoms with Crippen molar-refractivity contribution in [3.8, 4) is 5.75 Å². The van der Waals surface area contributed by atoms with Crippen molar-refractivity contribution in [1.29, 1.82) is 0 Å². The number of amides is 1. The minimum atomic E-state index is -0.896. The lowest BCUT2D eigenvalue weighted by Gasteiger charge is -2.08. The van der Waals surface area contributed by atoms with Crippen molar-refractivity contribution in [2.24, 2.45) is 11.8 Å². The third-order valence-corrected chi connectivity index (χ3v) is 3.68. The van der Waals surface area contributed by atoms with Gasteiger partial charge >= 0.3 is 5.97 Å². The normalized spacial score (nSPS) is 21.9. The molecule has 1 fully saturated rings. The van der Waals surface area contributed by atoms with E-state index >= 15 is 0 Å². The van der Waals surface area contributed by atoms with E-state index < -0.39 is 11.9 Å². The van der Waals surface area contributed by atoms with Gasteiger partial charge in [0.25, 0.3) is 0 Å². The number of hydrogen-bond acceptors (Lipinski definition) is 3. The maximum atomic E-state index is 11.9. The fourth-order valence-electron chi connectivity index (χ4n) is 2.18. The molecule has 5 heteroatoms. The molecule has 1 aliphatic rings. The van der Waals surface area contributed by atoms with Crippen LogP contribution >= 0.6 is 0 Å². The molecule has 1 saturated carbocycles. The molecule has 2 N–H and O–H groups in total. The first kappa shape index (κ1) is 14.4. The molecular formula is C15H19NO4. The van der Waals surface area contributed by atoms with E-state index in [0.29, 0.717) is 0 Å². The molecule has 3 atom stereocenters. The standard InChI is InChI=1S/C15H19NO4/c1-9(15(18)19)8-16-14(17)13-7-12(13)10-3-5-11(20-2)6-4-10/h3-6,9,12-13H,7-8H2,1-2H3,(H,16,17)(H,18,19)/t9?,12-,13+/m0/s1. The highest BCUT2D eigenvalue weighted by molar-refractivity contribution is 5.83. The molecule has 0 spiro atoms. The van der Waals surface area contributed by atoms with Crippen molar-refractivity contribution >= 4 is 11.9 Å². The van der Waals surface area contributed by atoms with Crippen molar-refractivity contribution in [2.45, 2.75) is 19.3 Å². The molecule has 1 unspecified atom stereocenters. The zero-order valence-corrected chi connectivity index (χ0v) is 11.6.